The summed E-state index contributed by atoms with van der Waals surface area (Å²) in [5, 5.41) is 5.58. The number of amides is 2. The Morgan fingerprint density at radius 3 is 2.21 bits per heavy atom. The topological polar surface area (TPSA) is 95.6 Å². The molecule has 0 heterocycles. The van der Waals surface area contributed by atoms with Crippen LogP contribution in [0.15, 0.2) is 72.8 Å². The fourth-order valence-electron chi connectivity index (χ4n) is 3.57. The molecule has 0 fully saturated rings. The number of nitrogens with one attached hydrogen (secondary N) is 2. The number of carbonyl (C=O) groups is 2. The zero-order valence-electron chi connectivity index (χ0n) is 19.7. The minimum absolute atomic E-state index is 0.288. The molecular formula is C26H29N3O4S. The van der Waals surface area contributed by atoms with E-state index in [9.17, 15) is 18.0 Å². The van der Waals surface area contributed by atoms with E-state index in [1.54, 1.807) is 36.4 Å². The minimum atomic E-state index is -3.76. The van der Waals surface area contributed by atoms with E-state index < -0.39 is 22.0 Å². The molecular weight excluding hydrogens is 450 g/mol. The maximum Gasteiger partial charge on any atom is 0.253 e. The Morgan fingerprint density at radius 2 is 1.56 bits per heavy atom. The quantitative estimate of drug-likeness (QED) is 0.510. The lowest BCUT2D eigenvalue weighted by molar-refractivity contribution is -0.116. The molecule has 0 saturated carbocycles. The molecule has 1 unspecified atom stereocenters. The minimum Gasteiger partial charge on any atom is -0.348 e. The summed E-state index contributed by atoms with van der Waals surface area (Å²) < 4.78 is 26.3. The van der Waals surface area contributed by atoms with Gasteiger partial charge in [0.15, 0.2) is 0 Å². The van der Waals surface area contributed by atoms with Crippen LogP contribution in [-0.2, 0) is 21.4 Å². The smallest absolute Gasteiger partial charge is 0.253 e. The second-order valence-corrected chi connectivity index (χ2v) is 10.1. The summed E-state index contributed by atoms with van der Waals surface area (Å²) in [5.41, 5.74) is 3.88. The Balaban J connectivity index is 1.81. The molecule has 2 amide bonds. The Hall–Kier alpha value is -3.65. The van der Waals surface area contributed by atoms with Gasteiger partial charge in [-0.15, -0.1) is 0 Å². The van der Waals surface area contributed by atoms with E-state index in [0.29, 0.717) is 17.9 Å². The van der Waals surface area contributed by atoms with E-state index >= 15 is 0 Å². The van der Waals surface area contributed by atoms with Crippen molar-refractivity contribution in [3.05, 3.63) is 95.1 Å². The van der Waals surface area contributed by atoms with Gasteiger partial charge in [0.1, 0.15) is 6.04 Å². The van der Waals surface area contributed by atoms with Gasteiger partial charge in [-0.3, -0.25) is 13.9 Å². The predicted molar refractivity (Wildman–Crippen MR) is 135 cm³/mol. The molecule has 3 aromatic rings. The summed E-state index contributed by atoms with van der Waals surface area (Å²) in [4.78, 5) is 25.9. The summed E-state index contributed by atoms with van der Waals surface area (Å²) in [7, 11) is -3.76. The van der Waals surface area contributed by atoms with E-state index in [4.69, 9.17) is 0 Å². The predicted octanol–water partition coefficient (Wildman–Crippen LogP) is 4.03. The second-order valence-electron chi connectivity index (χ2n) is 8.21. The second kappa shape index (κ2) is 10.5. The van der Waals surface area contributed by atoms with Crippen LogP contribution in [0.2, 0.25) is 0 Å². The fraction of sp³-hybridized carbons (Fsp3) is 0.231. The fourth-order valence-corrected chi connectivity index (χ4v) is 4.74. The largest absolute Gasteiger partial charge is 0.348 e. The van der Waals surface area contributed by atoms with Gasteiger partial charge < -0.3 is 10.6 Å². The Kier molecular flexibility index (Phi) is 7.73. The van der Waals surface area contributed by atoms with Gasteiger partial charge in [0, 0.05) is 6.54 Å². The van der Waals surface area contributed by atoms with Crippen molar-refractivity contribution in [2.45, 2.75) is 33.4 Å². The molecule has 0 aromatic heterocycles. The third-order valence-electron chi connectivity index (χ3n) is 5.56. The number of hydrogen-bond donors (Lipinski definition) is 2. The first kappa shape index (κ1) is 25.0. The number of para-hydroxylation sites is 1. The first-order chi connectivity index (χ1) is 16.1. The van der Waals surface area contributed by atoms with Crippen LogP contribution in [0.5, 0.6) is 0 Å². The SMILES string of the molecule is Cc1ccc(N(C(C)C(=O)Nc2ccccc2C(=O)NCc2ccccc2)S(C)(=O)=O)cc1C. The lowest BCUT2D eigenvalue weighted by Gasteiger charge is -2.29. The highest BCUT2D eigenvalue weighted by Gasteiger charge is 2.30. The molecule has 178 valence electrons. The molecule has 0 saturated heterocycles. The Bertz CT molecular complexity index is 1290. The normalized spacial score (nSPS) is 12.0. The van der Waals surface area contributed by atoms with E-state index in [2.05, 4.69) is 10.6 Å². The molecule has 0 spiro atoms. The number of aryl methyl sites for hydroxylation is 2. The van der Waals surface area contributed by atoms with Crippen LogP contribution >= 0.6 is 0 Å². The van der Waals surface area contributed by atoms with Crippen molar-refractivity contribution in [3.63, 3.8) is 0 Å². The summed E-state index contributed by atoms with van der Waals surface area (Å²) in [6.45, 7) is 5.67. The lowest BCUT2D eigenvalue weighted by atomic mass is 10.1. The average Bonchev–Trinajstić information content (AvgIpc) is 2.80. The molecule has 0 aliphatic rings. The Morgan fingerprint density at radius 1 is 0.912 bits per heavy atom. The van der Waals surface area contributed by atoms with Crippen molar-refractivity contribution in [1.82, 2.24) is 5.32 Å². The van der Waals surface area contributed by atoms with Crippen molar-refractivity contribution in [3.8, 4) is 0 Å². The number of anilines is 2. The maximum absolute atomic E-state index is 13.1. The first-order valence-electron chi connectivity index (χ1n) is 10.9. The number of rotatable bonds is 8. The molecule has 34 heavy (non-hydrogen) atoms. The summed E-state index contributed by atoms with van der Waals surface area (Å²) in [6, 6.07) is 20.3. The van der Waals surface area contributed by atoms with Crippen LogP contribution in [0.3, 0.4) is 0 Å². The molecule has 0 aliphatic carbocycles. The van der Waals surface area contributed by atoms with Crippen LogP contribution in [0, 0.1) is 13.8 Å². The van der Waals surface area contributed by atoms with Crippen LogP contribution in [0.1, 0.15) is 34.0 Å². The molecule has 7 nitrogen and oxygen atoms in total. The van der Waals surface area contributed by atoms with Crippen molar-refractivity contribution < 1.29 is 18.0 Å². The highest BCUT2D eigenvalue weighted by atomic mass is 32.2. The van der Waals surface area contributed by atoms with Gasteiger partial charge in [-0.05, 0) is 61.7 Å². The van der Waals surface area contributed by atoms with Crippen LogP contribution < -0.4 is 14.9 Å². The Labute approximate surface area is 200 Å². The monoisotopic (exact) mass is 479 g/mol. The molecule has 3 rings (SSSR count). The third-order valence-corrected chi connectivity index (χ3v) is 6.80. The van der Waals surface area contributed by atoms with Gasteiger partial charge in [0.05, 0.1) is 23.2 Å². The van der Waals surface area contributed by atoms with Crippen LogP contribution in [0.25, 0.3) is 0 Å². The van der Waals surface area contributed by atoms with E-state index in [1.807, 2.05) is 50.2 Å². The van der Waals surface area contributed by atoms with Gasteiger partial charge in [0.2, 0.25) is 15.9 Å². The van der Waals surface area contributed by atoms with Crippen molar-refractivity contribution in [2.75, 3.05) is 15.9 Å². The highest BCUT2D eigenvalue weighted by Crippen LogP contribution is 2.25. The average molecular weight is 480 g/mol. The number of hydrogen-bond acceptors (Lipinski definition) is 4. The molecule has 3 aromatic carbocycles. The van der Waals surface area contributed by atoms with Gasteiger partial charge in [0.25, 0.3) is 5.91 Å². The van der Waals surface area contributed by atoms with E-state index in [0.717, 1.165) is 27.3 Å². The summed E-state index contributed by atoms with van der Waals surface area (Å²) >= 11 is 0. The van der Waals surface area contributed by atoms with Gasteiger partial charge in [-0.2, -0.15) is 0 Å². The molecule has 1 atom stereocenters. The van der Waals surface area contributed by atoms with Crippen molar-refractivity contribution >= 4 is 33.2 Å². The zero-order chi connectivity index (χ0) is 24.9. The molecule has 0 aliphatic heterocycles. The van der Waals surface area contributed by atoms with E-state index in [-0.39, 0.29) is 11.5 Å². The van der Waals surface area contributed by atoms with Crippen molar-refractivity contribution in [2.24, 2.45) is 0 Å². The van der Waals surface area contributed by atoms with Crippen LogP contribution in [0.4, 0.5) is 11.4 Å². The number of nitrogens with zero attached hydrogens (tertiary/aromatic N) is 1. The summed E-state index contributed by atoms with van der Waals surface area (Å²) in [6.07, 6.45) is 1.07. The van der Waals surface area contributed by atoms with Gasteiger partial charge in [-0.1, -0.05) is 48.5 Å². The number of benzene rings is 3. The molecule has 8 heteroatoms. The van der Waals surface area contributed by atoms with Gasteiger partial charge >= 0.3 is 0 Å². The number of carbonyl (C=O) groups excluding carboxylic acids is 2. The third kappa shape index (κ3) is 6.02. The zero-order valence-corrected chi connectivity index (χ0v) is 20.5. The summed E-state index contributed by atoms with van der Waals surface area (Å²) in [5.74, 6) is -0.895. The first-order valence-corrected chi connectivity index (χ1v) is 12.7. The van der Waals surface area contributed by atoms with Crippen LogP contribution in [-0.4, -0.2) is 32.5 Å². The molecule has 0 bridgehead atoms. The lowest BCUT2D eigenvalue weighted by Crippen LogP contribution is -2.45. The van der Waals surface area contributed by atoms with Crippen molar-refractivity contribution in [1.29, 1.82) is 0 Å². The standard InChI is InChI=1S/C26H29N3O4S/c1-18-14-15-22(16-19(18)2)29(34(4,32)33)20(3)25(30)28-24-13-9-8-12-23(24)26(31)27-17-21-10-6-5-7-11-21/h5-16,20H,17H2,1-4H3,(H,27,31)(H,28,30). The van der Waals surface area contributed by atoms with Gasteiger partial charge in [-0.25, -0.2) is 8.42 Å². The number of sulfonamides is 1. The molecule has 0 radical (unpaired) electrons. The highest BCUT2D eigenvalue weighted by molar-refractivity contribution is 7.92. The molecule has 2 N–H and O–H groups in total. The van der Waals surface area contributed by atoms with E-state index in [1.165, 1.54) is 6.92 Å². The maximum atomic E-state index is 13.1.